The fourth-order valence-corrected chi connectivity index (χ4v) is 19.9. The van der Waals surface area contributed by atoms with Crippen LogP contribution in [0.5, 0.6) is 0 Å². The quantitative estimate of drug-likeness (QED) is 0.201. The number of hydrogen-bond donors (Lipinski definition) is 2. The molecule has 0 spiro atoms. The second kappa shape index (κ2) is 13.5. The number of rotatable bonds is 18. The number of aliphatic hydroxyl groups excluding tert-OH is 2. The first-order valence-corrected chi connectivity index (χ1v) is 24.8. The van der Waals surface area contributed by atoms with E-state index in [0.29, 0.717) is 26.4 Å². The maximum Gasteiger partial charge on any atom is 0.173 e. The molecule has 0 atom stereocenters. The van der Waals surface area contributed by atoms with Crippen LogP contribution < -0.4 is 0 Å². The molecule has 0 amide bonds. The zero-order chi connectivity index (χ0) is 24.4. The van der Waals surface area contributed by atoms with Crippen molar-refractivity contribution in [1.82, 2.24) is 0 Å². The average Bonchev–Trinajstić information content (AvgIpc) is 2.55. The lowest BCUT2D eigenvalue weighted by molar-refractivity contribution is -0.0767. The van der Waals surface area contributed by atoms with Crippen LogP contribution in [0.4, 0.5) is 0 Å². The number of aliphatic hydroxyl groups is 2. The van der Waals surface area contributed by atoms with Crippen molar-refractivity contribution in [3.05, 3.63) is 0 Å². The van der Waals surface area contributed by atoms with Crippen LogP contribution in [0.1, 0.15) is 12.8 Å². The van der Waals surface area contributed by atoms with E-state index in [1.165, 1.54) is 0 Å². The molecule has 0 saturated heterocycles. The monoisotopic (exact) mass is 512 g/mol. The standard InChI is InChI=1S/C21H52O6Si4/c1-28(2,3)26-30(7,8)15-11-13-24-19-21(17-22,18-23)20-25-14-12-16-31(9,10)27-29(4,5)6/h22-23H,11-20H2,1-10H3. The lowest BCUT2D eigenvalue weighted by atomic mass is 9.92. The maximum absolute atomic E-state index is 9.87. The summed E-state index contributed by atoms with van der Waals surface area (Å²) >= 11 is 0. The molecule has 0 aliphatic heterocycles. The Morgan fingerprint density at radius 3 is 1.16 bits per heavy atom. The van der Waals surface area contributed by atoms with Crippen molar-refractivity contribution in [2.24, 2.45) is 5.41 Å². The van der Waals surface area contributed by atoms with E-state index in [4.69, 9.17) is 17.7 Å². The normalized spacial score (nSPS) is 14.3. The van der Waals surface area contributed by atoms with Crippen molar-refractivity contribution in [3.63, 3.8) is 0 Å². The highest BCUT2D eigenvalue weighted by Crippen LogP contribution is 2.22. The highest BCUT2D eigenvalue weighted by atomic mass is 28.4. The van der Waals surface area contributed by atoms with E-state index in [2.05, 4.69) is 65.5 Å². The lowest BCUT2D eigenvalue weighted by Gasteiger charge is -2.32. The van der Waals surface area contributed by atoms with Crippen molar-refractivity contribution in [1.29, 1.82) is 0 Å². The van der Waals surface area contributed by atoms with Gasteiger partial charge in [-0.25, -0.2) is 0 Å². The fourth-order valence-electron chi connectivity index (χ4n) is 3.81. The van der Waals surface area contributed by atoms with Gasteiger partial charge in [-0.3, -0.25) is 0 Å². The first-order chi connectivity index (χ1) is 13.9. The number of hydrogen-bond acceptors (Lipinski definition) is 6. The molecule has 6 nitrogen and oxygen atoms in total. The van der Waals surface area contributed by atoms with Crippen LogP contribution in [0, 0.1) is 5.41 Å². The van der Waals surface area contributed by atoms with Crippen LogP contribution in [0.15, 0.2) is 0 Å². The van der Waals surface area contributed by atoms with E-state index in [0.717, 1.165) is 24.9 Å². The van der Waals surface area contributed by atoms with E-state index in [-0.39, 0.29) is 13.2 Å². The molecule has 0 radical (unpaired) electrons. The molecule has 0 bridgehead atoms. The van der Waals surface area contributed by atoms with Gasteiger partial charge in [0, 0.05) is 13.2 Å². The molecular formula is C21H52O6Si4. The van der Waals surface area contributed by atoms with Crippen molar-refractivity contribution >= 4 is 33.3 Å². The Kier molecular flexibility index (Phi) is 13.8. The second-order valence-electron chi connectivity index (χ2n) is 12.1. The Morgan fingerprint density at radius 2 is 0.903 bits per heavy atom. The molecule has 188 valence electrons. The summed E-state index contributed by atoms with van der Waals surface area (Å²) in [5.41, 5.74) is -0.746. The zero-order valence-corrected chi connectivity index (χ0v) is 26.1. The molecule has 10 heteroatoms. The molecular weight excluding hydrogens is 461 g/mol. The third-order valence-corrected chi connectivity index (χ3v) is 17.2. The maximum atomic E-state index is 9.87. The van der Waals surface area contributed by atoms with E-state index < -0.39 is 38.7 Å². The van der Waals surface area contributed by atoms with Crippen molar-refractivity contribution in [2.45, 2.75) is 90.4 Å². The smallest absolute Gasteiger partial charge is 0.173 e. The molecule has 0 aromatic rings. The average molecular weight is 513 g/mol. The van der Waals surface area contributed by atoms with E-state index in [1.54, 1.807) is 0 Å². The van der Waals surface area contributed by atoms with E-state index >= 15 is 0 Å². The summed E-state index contributed by atoms with van der Waals surface area (Å²) in [5.74, 6) is 0. The summed E-state index contributed by atoms with van der Waals surface area (Å²) in [6, 6.07) is 2.11. The Balaban J connectivity index is 4.28. The van der Waals surface area contributed by atoms with Gasteiger partial charge in [-0.15, -0.1) is 0 Å². The minimum absolute atomic E-state index is 0.151. The van der Waals surface area contributed by atoms with Gasteiger partial charge in [0.15, 0.2) is 33.3 Å². The highest BCUT2D eigenvalue weighted by Gasteiger charge is 2.32. The lowest BCUT2D eigenvalue weighted by Crippen LogP contribution is -2.42. The van der Waals surface area contributed by atoms with Crippen LogP contribution in [0.2, 0.25) is 77.6 Å². The van der Waals surface area contributed by atoms with Crippen LogP contribution in [-0.4, -0.2) is 83.1 Å². The van der Waals surface area contributed by atoms with Crippen molar-refractivity contribution in [3.8, 4) is 0 Å². The molecule has 0 aromatic heterocycles. The molecule has 31 heavy (non-hydrogen) atoms. The summed E-state index contributed by atoms with van der Waals surface area (Å²) in [6.07, 6.45) is 1.88. The summed E-state index contributed by atoms with van der Waals surface area (Å²) in [4.78, 5) is 0. The van der Waals surface area contributed by atoms with E-state index in [9.17, 15) is 10.2 Å². The Labute approximate surface area is 196 Å². The van der Waals surface area contributed by atoms with Gasteiger partial charge in [-0.05, 0) is 90.4 Å². The minimum Gasteiger partial charge on any atom is -0.456 e. The third-order valence-electron chi connectivity index (χ3n) is 4.79. The van der Waals surface area contributed by atoms with Gasteiger partial charge in [-0.2, -0.15) is 0 Å². The third kappa shape index (κ3) is 16.8. The first kappa shape index (κ1) is 31.6. The van der Waals surface area contributed by atoms with Crippen molar-refractivity contribution < 1.29 is 27.9 Å². The van der Waals surface area contributed by atoms with Gasteiger partial charge in [0.25, 0.3) is 0 Å². The molecule has 0 fully saturated rings. The highest BCUT2D eigenvalue weighted by molar-refractivity contribution is 6.84. The number of ether oxygens (including phenoxy) is 2. The molecule has 0 heterocycles. The van der Waals surface area contributed by atoms with E-state index in [1.807, 2.05) is 0 Å². The molecule has 0 unspecified atom stereocenters. The SMILES string of the molecule is C[Si](C)(C)O[Si](C)(C)CCCOCC(CO)(CO)COCCC[Si](C)(C)O[Si](C)(C)C. The molecule has 0 aliphatic rings. The van der Waals surface area contributed by atoms with Gasteiger partial charge in [-0.1, -0.05) is 0 Å². The van der Waals surface area contributed by atoms with Gasteiger partial charge < -0.3 is 27.9 Å². The summed E-state index contributed by atoms with van der Waals surface area (Å²) in [7, 11) is -6.34. The zero-order valence-electron chi connectivity index (χ0n) is 22.1. The predicted octanol–water partition coefficient (Wildman–Crippen LogP) is 4.88. The largest absolute Gasteiger partial charge is 0.456 e. The molecule has 0 saturated carbocycles. The Morgan fingerprint density at radius 1 is 0.581 bits per heavy atom. The predicted molar refractivity (Wildman–Crippen MR) is 141 cm³/mol. The summed E-state index contributed by atoms with van der Waals surface area (Å²) < 4.78 is 24.4. The molecule has 0 rings (SSSR count). The van der Waals surface area contributed by atoms with Crippen LogP contribution in [0.25, 0.3) is 0 Å². The molecule has 2 N–H and O–H groups in total. The molecule has 0 aromatic carbocycles. The van der Waals surface area contributed by atoms with Crippen LogP contribution >= 0.6 is 0 Å². The summed E-state index contributed by atoms with van der Waals surface area (Å²) in [5, 5.41) is 19.7. The van der Waals surface area contributed by atoms with Crippen LogP contribution in [-0.2, 0) is 17.7 Å². The van der Waals surface area contributed by atoms with Gasteiger partial charge in [0.1, 0.15) is 0 Å². The van der Waals surface area contributed by atoms with Gasteiger partial charge in [0.05, 0.1) is 31.8 Å². The minimum atomic E-state index is -1.66. The summed E-state index contributed by atoms with van der Waals surface area (Å²) in [6.45, 7) is 24.0. The van der Waals surface area contributed by atoms with Crippen LogP contribution in [0.3, 0.4) is 0 Å². The van der Waals surface area contributed by atoms with Gasteiger partial charge in [0.2, 0.25) is 0 Å². The second-order valence-corrected chi connectivity index (χ2v) is 30.2. The van der Waals surface area contributed by atoms with Gasteiger partial charge >= 0.3 is 0 Å². The Hall–Kier alpha value is 0.628. The van der Waals surface area contributed by atoms with Crippen molar-refractivity contribution in [2.75, 3.05) is 39.6 Å². The first-order valence-electron chi connectivity index (χ1n) is 11.7. The Bertz CT molecular complexity index is 445. The topological polar surface area (TPSA) is 77.4 Å². The fraction of sp³-hybridized carbons (Fsp3) is 1.00. The molecule has 0 aliphatic carbocycles.